The van der Waals surface area contributed by atoms with Gasteiger partial charge < -0.3 is 10.6 Å². The number of nitrogens with one attached hydrogen (secondary N) is 2. The maximum Gasteiger partial charge on any atom is 0.191 e. The van der Waals surface area contributed by atoms with Crippen LogP contribution in [0.15, 0.2) is 29.3 Å². The molecule has 3 nitrogen and oxygen atoms in total. The standard InChI is InChI=1S/C12H16FN3/c1-14-12(16-10-6-7-10)15-8-9-4-2-3-5-11(9)13/h2-5,10H,6-8H2,1H3,(H2,14,15,16). The lowest BCUT2D eigenvalue weighted by Gasteiger charge is -2.11. The summed E-state index contributed by atoms with van der Waals surface area (Å²) >= 11 is 0. The van der Waals surface area contributed by atoms with Crippen molar-refractivity contribution in [2.24, 2.45) is 4.99 Å². The number of nitrogens with zero attached hydrogens (tertiary/aromatic N) is 1. The van der Waals surface area contributed by atoms with E-state index in [4.69, 9.17) is 0 Å². The minimum Gasteiger partial charge on any atom is -0.354 e. The van der Waals surface area contributed by atoms with Crippen LogP contribution in [0.25, 0.3) is 0 Å². The second kappa shape index (κ2) is 4.96. The van der Waals surface area contributed by atoms with E-state index < -0.39 is 0 Å². The van der Waals surface area contributed by atoms with Gasteiger partial charge in [0.05, 0.1) is 0 Å². The Balaban J connectivity index is 1.87. The molecule has 0 atom stereocenters. The third-order valence-corrected chi connectivity index (χ3v) is 2.55. The fourth-order valence-corrected chi connectivity index (χ4v) is 1.44. The van der Waals surface area contributed by atoms with Crippen molar-refractivity contribution in [1.29, 1.82) is 0 Å². The summed E-state index contributed by atoms with van der Waals surface area (Å²) in [6.07, 6.45) is 2.39. The minimum absolute atomic E-state index is 0.183. The molecule has 0 aliphatic heterocycles. The topological polar surface area (TPSA) is 36.4 Å². The van der Waals surface area contributed by atoms with E-state index in [1.54, 1.807) is 19.2 Å². The van der Waals surface area contributed by atoms with Crippen LogP contribution in [0.1, 0.15) is 18.4 Å². The van der Waals surface area contributed by atoms with E-state index in [1.807, 2.05) is 6.07 Å². The number of hydrogen-bond acceptors (Lipinski definition) is 1. The van der Waals surface area contributed by atoms with Crippen LogP contribution in [-0.2, 0) is 6.54 Å². The van der Waals surface area contributed by atoms with Crippen molar-refractivity contribution in [2.75, 3.05) is 7.05 Å². The van der Waals surface area contributed by atoms with Crippen molar-refractivity contribution >= 4 is 5.96 Å². The van der Waals surface area contributed by atoms with Gasteiger partial charge in [-0.05, 0) is 18.9 Å². The molecule has 0 saturated heterocycles. The van der Waals surface area contributed by atoms with Gasteiger partial charge in [0.15, 0.2) is 5.96 Å². The van der Waals surface area contributed by atoms with Gasteiger partial charge >= 0.3 is 0 Å². The van der Waals surface area contributed by atoms with Gasteiger partial charge in [-0.1, -0.05) is 18.2 Å². The fraction of sp³-hybridized carbons (Fsp3) is 0.417. The summed E-state index contributed by atoms with van der Waals surface area (Å²) in [6.45, 7) is 0.457. The second-order valence-corrected chi connectivity index (χ2v) is 3.94. The summed E-state index contributed by atoms with van der Waals surface area (Å²) in [7, 11) is 1.72. The van der Waals surface area contributed by atoms with Crippen LogP contribution in [0, 0.1) is 5.82 Å². The Morgan fingerprint density at radius 2 is 2.19 bits per heavy atom. The van der Waals surface area contributed by atoms with Crippen LogP contribution in [0.3, 0.4) is 0 Å². The van der Waals surface area contributed by atoms with Crippen molar-refractivity contribution in [3.8, 4) is 0 Å². The summed E-state index contributed by atoms with van der Waals surface area (Å²) in [4.78, 5) is 4.08. The Kier molecular flexibility index (Phi) is 3.39. The fourth-order valence-electron chi connectivity index (χ4n) is 1.44. The molecule has 2 rings (SSSR count). The first-order valence-electron chi connectivity index (χ1n) is 5.50. The first-order valence-corrected chi connectivity index (χ1v) is 5.50. The van der Waals surface area contributed by atoms with Crippen molar-refractivity contribution < 1.29 is 4.39 Å². The molecular formula is C12H16FN3. The molecule has 16 heavy (non-hydrogen) atoms. The van der Waals surface area contributed by atoms with E-state index in [0.29, 0.717) is 18.2 Å². The van der Waals surface area contributed by atoms with E-state index in [2.05, 4.69) is 15.6 Å². The van der Waals surface area contributed by atoms with Gasteiger partial charge in [0.1, 0.15) is 5.82 Å². The largest absolute Gasteiger partial charge is 0.354 e. The second-order valence-electron chi connectivity index (χ2n) is 3.94. The van der Waals surface area contributed by atoms with Gasteiger partial charge in [-0.15, -0.1) is 0 Å². The van der Waals surface area contributed by atoms with Gasteiger partial charge in [-0.25, -0.2) is 4.39 Å². The number of halogens is 1. The van der Waals surface area contributed by atoms with Crippen LogP contribution in [0.5, 0.6) is 0 Å². The van der Waals surface area contributed by atoms with Crippen molar-refractivity contribution in [3.05, 3.63) is 35.6 Å². The number of rotatable bonds is 3. The van der Waals surface area contributed by atoms with E-state index in [0.717, 1.165) is 5.96 Å². The van der Waals surface area contributed by atoms with Crippen molar-refractivity contribution in [2.45, 2.75) is 25.4 Å². The lowest BCUT2D eigenvalue weighted by molar-refractivity contribution is 0.604. The lowest BCUT2D eigenvalue weighted by atomic mass is 10.2. The quantitative estimate of drug-likeness (QED) is 0.601. The highest BCUT2D eigenvalue weighted by Crippen LogP contribution is 2.18. The molecule has 1 aromatic rings. The van der Waals surface area contributed by atoms with Gasteiger partial charge in [-0.2, -0.15) is 0 Å². The molecule has 0 bridgehead atoms. The smallest absolute Gasteiger partial charge is 0.191 e. The Hall–Kier alpha value is -1.58. The maximum atomic E-state index is 13.3. The highest BCUT2D eigenvalue weighted by atomic mass is 19.1. The molecule has 0 unspecified atom stereocenters. The van der Waals surface area contributed by atoms with E-state index in [1.165, 1.54) is 18.9 Å². The highest BCUT2D eigenvalue weighted by Gasteiger charge is 2.22. The average Bonchev–Trinajstić information content (AvgIpc) is 3.10. The number of aliphatic imine (C=N–C) groups is 1. The third-order valence-electron chi connectivity index (χ3n) is 2.55. The maximum absolute atomic E-state index is 13.3. The molecule has 1 aliphatic carbocycles. The zero-order chi connectivity index (χ0) is 11.4. The van der Waals surface area contributed by atoms with Gasteiger partial charge in [0.2, 0.25) is 0 Å². The SMILES string of the molecule is CN=C(NCc1ccccc1F)NC1CC1. The first-order chi connectivity index (χ1) is 7.79. The monoisotopic (exact) mass is 221 g/mol. The van der Waals surface area contributed by atoms with Crippen LogP contribution >= 0.6 is 0 Å². The van der Waals surface area contributed by atoms with Crippen molar-refractivity contribution in [1.82, 2.24) is 10.6 Å². The summed E-state index contributed by atoms with van der Waals surface area (Å²) in [5.41, 5.74) is 0.654. The van der Waals surface area contributed by atoms with Gasteiger partial charge in [0, 0.05) is 25.2 Å². The third kappa shape index (κ3) is 2.95. The van der Waals surface area contributed by atoms with E-state index in [-0.39, 0.29) is 5.82 Å². The summed E-state index contributed by atoms with van der Waals surface area (Å²) in [5.74, 6) is 0.558. The molecule has 0 aromatic heterocycles. The summed E-state index contributed by atoms with van der Waals surface area (Å²) < 4.78 is 13.3. The zero-order valence-electron chi connectivity index (χ0n) is 9.33. The minimum atomic E-state index is -0.183. The van der Waals surface area contributed by atoms with Crippen LogP contribution in [-0.4, -0.2) is 19.0 Å². The molecular weight excluding hydrogens is 205 g/mol. The Labute approximate surface area is 94.8 Å². The number of guanidine groups is 1. The number of benzene rings is 1. The molecule has 1 saturated carbocycles. The predicted octanol–water partition coefficient (Wildman–Crippen LogP) is 1.65. The van der Waals surface area contributed by atoms with Crippen LogP contribution in [0.4, 0.5) is 4.39 Å². The van der Waals surface area contributed by atoms with Crippen LogP contribution < -0.4 is 10.6 Å². The molecule has 0 heterocycles. The molecule has 0 radical (unpaired) electrons. The van der Waals surface area contributed by atoms with Crippen LogP contribution in [0.2, 0.25) is 0 Å². The average molecular weight is 221 g/mol. The normalized spacial score (nSPS) is 16.0. The Morgan fingerprint density at radius 3 is 2.81 bits per heavy atom. The molecule has 1 aliphatic rings. The van der Waals surface area contributed by atoms with E-state index in [9.17, 15) is 4.39 Å². The summed E-state index contributed by atoms with van der Waals surface area (Å²) in [5, 5.41) is 6.34. The van der Waals surface area contributed by atoms with Gasteiger partial charge in [0.25, 0.3) is 0 Å². The van der Waals surface area contributed by atoms with Crippen molar-refractivity contribution in [3.63, 3.8) is 0 Å². The molecule has 86 valence electrons. The number of hydrogen-bond donors (Lipinski definition) is 2. The van der Waals surface area contributed by atoms with Gasteiger partial charge in [-0.3, -0.25) is 4.99 Å². The molecule has 1 fully saturated rings. The Morgan fingerprint density at radius 1 is 1.44 bits per heavy atom. The highest BCUT2D eigenvalue weighted by molar-refractivity contribution is 5.80. The molecule has 1 aromatic carbocycles. The first kappa shape index (κ1) is 10.9. The molecule has 4 heteroatoms. The molecule has 2 N–H and O–H groups in total. The predicted molar refractivity (Wildman–Crippen MR) is 62.8 cm³/mol. The Bertz CT molecular complexity index is 386. The molecule has 0 spiro atoms. The molecule has 0 amide bonds. The lowest BCUT2D eigenvalue weighted by Crippen LogP contribution is -2.38. The zero-order valence-corrected chi connectivity index (χ0v) is 9.33. The van der Waals surface area contributed by atoms with E-state index >= 15 is 0 Å². The summed E-state index contributed by atoms with van der Waals surface area (Å²) in [6, 6.07) is 7.31.